The minimum atomic E-state index is -2.02. The Morgan fingerprint density at radius 2 is 1.26 bits per heavy atom. The Bertz CT molecular complexity index is 1060. The van der Waals surface area contributed by atoms with E-state index in [1.54, 1.807) is 0 Å². The average molecular weight is 505 g/mol. The molecule has 0 saturated heterocycles. The minimum Gasteiger partial charge on any atom is -0.543 e. The van der Waals surface area contributed by atoms with Crippen molar-refractivity contribution in [2.45, 2.75) is 84.1 Å². The van der Waals surface area contributed by atoms with Gasteiger partial charge in [-0.3, -0.25) is 0 Å². The highest BCUT2D eigenvalue weighted by molar-refractivity contribution is 7.01. The quantitative estimate of drug-likeness (QED) is 0.289. The molecular formula is C31H44O2Si2. The van der Waals surface area contributed by atoms with Gasteiger partial charge < -0.3 is 9.53 Å². The lowest BCUT2D eigenvalue weighted by Crippen LogP contribution is -2.54. The van der Waals surface area contributed by atoms with Crippen molar-refractivity contribution in [1.82, 2.24) is 0 Å². The molecule has 0 bridgehead atoms. The highest BCUT2D eigenvalue weighted by Crippen LogP contribution is 2.42. The van der Waals surface area contributed by atoms with Gasteiger partial charge in [0.1, 0.15) is 19.6 Å². The summed E-state index contributed by atoms with van der Waals surface area (Å²) < 4.78 is 6.84. The normalized spacial score (nSPS) is 12.5. The first kappa shape index (κ1) is 27.3. The number of phenols is 1. The Balaban J connectivity index is 1.80. The zero-order chi connectivity index (χ0) is 25.8. The van der Waals surface area contributed by atoms with E-state index in [0.717, 1.165) is 23.8 Å². The SMILES string of the molecule is CC(C)[Si](Oc1ccc(CCc2cccc(O)c2[Si](C)(C)c2ccccc2)cc1)(C(C)C)C(C)C. The van der Waals surface area contributed by atoms with Crippen LogP contribution in [0, 0.1) is 0 Å². The molecule has 0 amide bonds. The number of hydrogen-bond donors (Lipinski definition) is 1. The summed E-state index contributed by atoms with van der Waals surface area (Å²) in [5.41, 5.74) is 4.24. The minimum absolute atomic E-state index is 0.434. The van der Waals surface area contributed by atoms with Gasteiger partial charge in [0.05, 0.1) is 0 Å². The van der Waals surface area contributed by atoms with Crippen molar-refractivity contribution < 1.29 is 9.53 Å². The van der Waals surface area contributed by atoms with Gasteiger partial charge in [-0.15, -0.1) is 0 Å². The van der Waals surface area contributed by atoms with E-state index in [0.29, 0.717) is 22.4 Å². The highest BCUT2D eigenvalue weighted by atomic mass is 28.4. The molecule has 0 aliphatic rings. The number of aromatic hydroxyl groups is 1. The third kappa shape index (κ3) is 5.75. The molecule has 0 spiro atoms. The summed E-state index contributed by atoms with van der Waals surface area (Å²) in [7, 11) is -3.96. The first-order chi connectivity index (χ1) is 16.5. The Hall–Kier alpha value is -2.31. The van der Waals surface area contributed by atoms with Crippen LogP contribution in [0.4, 0.5) is 0 Å². The molecule has 35 heavy (non-hydrogen) atoms. The summed E-state index contributed by atoms with van der Waals surface area (Å²) in [6.45, 7) is 18.6. The van der Waals surface area contributed by atoms with Crippen LogP contribution in [0.25, 0.3) is 0 Å². The Morgan fingerprint density at radius 3 is 1.80 bits per heavy atom. The molecule has 0 heterocycles. The third-order valence-corrected chi connectivity index (χ3v) is 17.5. The van der Waals surface area contributed by atoms with Crippen LogP contribution in [0.15, 0.2) is 72.8 Å². The van der Waals surface area contributed by atoms with Crippen LogP contribution >= 0.6 is 0 Å². The topological polar surface area (TPSA) is 29.5 Å². The molecule has 0 aliphatic heterocycles. The van der Waals surface area contributed by atoms with Gasteiger partial charge in [-0.2, -0.15) is 0 Å². The summed E-state index contributed by atoms with van der Waals surface area (Å²) >= 11 is 0. The number of aryl methyl sites for hydroxylation is 2. The van der Waals surface area contributed by atoms with Crippen LogP contribution in [0.3, 0.4) is 0 Å². The highest BCUT2D eigenvalue weighted by Gasteiger charge is 2.47. The van der Waals surface area contributed by atoms with Crippen molar-refractivity contribution in [2.24, 2.45) is 0 Å². The molecule has 0 fully saturated rings. The van der Waals surface area contributed by atoms with Gasteiger partial charge >= 0.3 is 0 Å². The van der Waals surface area contributed by atoms with Crippen molar-refractivity contribution in [2.75, 3.05) is 0 Å². The lowest BCUT2D eigenvalue weighted by molar-refractivity contribution is 0.478. The maximum atomic E-state index is 10.9. The van der Waals surface area contributed by atoms with E-state index in [2.05, 4.69) is 115 Å². The summed E-state index contributed by atoms with van der Waals surface area (Å²) in [5.74, 6) is 1.44. The van der Waals surface area contributed by atoms with Crippen molar-refractivity contribution in [3.8, 4) is 11.5 Å². The maximum Gasteiger partial charge on any atom is 0.258 e. The van der Waals surface area contributed by atoms with Gasteiger partial charge in [0.2, 0.25) is 0 Å². The van der Waals surface area contributed by atoms with Gasteiger partial charge in [-0.05, 0) is 64.0 Å². The van der Waals surface area contributed by atoms with Gasteiger partial charge in [0.15, 0.2) is 0 Å². The van der Waals surface area contributed by atoms with E-state index in [4.69, 9.17) is 4.43 Å². The van der Waals surface area contributed by atoms with Gasteiger partial charge in [0, 0.05) is 0 Å². The second-order valence-corrected chi connectivity index (χ2v) is 21.1. The second kappa shape index (κ2) is 11.2. The van der Waals surface area contributed by atoms with Gasteiger partial charge in [-0.1, -0.05) is 114 Å². The van der Waals surface area contributed by atoms with E-state index in [9.17, 15) is 5.11 Å². The summed E-state index contributed by atoms with van der Waals surface area (Å²) in [6.07, 6.45) is 1.85. The lowest BCUT2D eigenvalue weighted by atomic mass is 10.0. The zero-order valence-corrected chi connectivity index (χ0v) is 24.9. The number of hydrogen-bond acceptors (Lipinski definition) is 2. The number of benzene rings is 3. The van der Waals surface area contributed by atoms with E-state index in [1.165, 1.54) is 16.3 Å². The van der Waals surface area contributed by atoms with E-state index < -0.39 is 16.4 Å². The van der Waals surface area contributed by atoms with Crippen molar-refractivity contribution in [3.63, 3.8) is 0 Å². The monoisotopic (exact) mass is 504 g/mol. The molecule has 1 N–H and O–H groups in total. The fraction of sp³-hybridized carbons (Fsp3) is 0.419. The van der Waals surface area contributed by atoms with Gasteiger partial charge in [0.25, 0.3) is 8.32 Å². The first-order valence-electron chi connectivity index (χ1n) is 13.1. The third-order valence-electron chi connectivity index (χ3n) is 7.86. The standard InChI is InChI=1S/C31H44O2Si2/c1-23(2)35(24(3)4,25(5)6)33-28-21-18-26(19-22-28)17-20-27-13-12-16-30(32)31(27)34(7,8)29-14-10-9-11-15-29/h9-16,18-19,21-25,32H,17,20H2,1-8H3. The van der Waals surface area contributed by atoms with Crippen molar-refractivity contribution in [3.05, 3.63) is 83.9 Å². The van der Waals surface area contributed by atoms with Crippen LogP contribution < -0.4 is 14.8 Å². The number of rotatable bonds is 10. The average Bonchev–Trinajstić information content (AvgIpc) is 2.81. The van der Waals surface area contributed by atoms with E-state index in [-0.39, 0.29) is 0 Å². The Morgan fingerprint density at radius 1 is 0.686 bits per heavy atom. The lowest BCUT2D eigenvalue weighted by Gasteiger charge is -2.42. The largest absolute Gasteiger partial charge is 0.543 e. The maximum absolute atomic E-state index is 10.9. The van der Waals surface area contributed by atoms with Crippen LogP contribution in [0.2, 0.25) is 29.7 Å². The first-order valence-corrected chi connectivity index (χ1v) is 18.3. The molecule has 3 aromatic rings. The van der Waals surface area contributed by atoms with Crippen LogP contribution in [-0.4, -0.2) is 21.5 Å². The van der Waals surface area contributed by atoms with Crippen LogP contribution in [0.1, 0.15) is 52.7 Å². The van der Waals surface area contributed by atoms with Gasteiger partial charge in [-0.25, -0.2) is 0 Å². The summed E-state index contributed by atoms with van der Waals surface area (Å²) in [6, 6.07) is 25.5. The Labute approximate surface area is 215 Å². The molecule has 0 aliphatic carbocycles. The fourth-order valence-electron chi connectivity index (χ4n) is 6.08. The van der Waals surface area contributed by atoms with Crippen LogP contribution in [0.5, 0.6) is 11.5 Å². The molecule has 0 aromatic heterocycles. The molecule has 0 unspecified atom stereocenters. The van der Waals surface area contributed by atoms with E-state index >= 15 is 0 Å². The predicted octanol–water partition coefficient (Wildman–Crippen LogP) is 7.55. The predicted molar refractivity (Wildman–Crippen MR) is 157 cm³/mol. The molecule has 3 rings (SSSR count). The fourth-order valence-corrected chi connectivity index (χ4v) is 14.4. The van der Waals surface area contributed by atoms with Crippen molar-refractivity contribution >= 4 is 26.8 Å². The number of phenolic OH excluding ortho intramolecular Hbond substituents is 1. The molecule has 188 valence electrons. The second-order valence-electron chi connectivity index (χ2n) is 11.4. The molecule has 4 heteroatoms. The Kier molecular flexibility index (Phi) is 8.71. The molecule has 2 nitrogen and oxygen atoms in total. The summed E-state index contributed by atoms with van der Waals surface area (Å²) in [4.78, 5) is 0. The zero-order valence-electron chi connectivity index (χ0n) is 22.9. The molecule has 0 atom stereocenters. The van der Waals surface area contributed by atoms with Crippen molar-refractivity contribution in [1.29, 1.82) is 0 Å². The molecular weight excluding hydrogens is 461 g/mol. The van der Waals surface area contributed by atoms with Crippen LogP contribution in [-0.2, 0) is 12.8 Å². The smallest absolute Gasteiger partial charge is 0.258 e. The summed E-state index contributed by atoms with van der Waals surface area (Å²) in [5, 5.41) is 13.4. The van der Waals surface area contributed by atoms with E-state index in [1.807, 2.05) is 12.1 Å². The molecule has 0 radical (unpaired) electrons. The molecule has 0 saturated carbocycles. The molecule has 3 aromatic carbocycles.